The van der Waals surface area contributed by atoms with Gasteiger partial charge in [0.25, 0.3) is 5.91 Å². The number of anilines is 1. The number of para-hydroxylation sites is 1. The number of methoxy groups -OCH3 is 1. The van der Waals surface area contributed by atoms with Gasteiger partial charge in [0.05, 0.1) is 5.69 Å². The van der Waals surface area contributed by atoms with Crippen LogP contribution >= 0.6 is 24.2 Å². The first kappa shape index (κ1) is 19.0. The van der Waals surface area contributed by atoms with Crippen LogP contribution in [0.3, 0.4) is 0 Å². The third-order valence-electron chi connectivity index (χ3n) is 2.16. The van der Waals surface area contributed by atoms with Crippen LogP contribution in [0.1, 0.15) is 0 Å². The number of benzene rings is 1. The van der Waals surface area contributed by atoms with Gasteiger partial charge in [-0.25, -0.2) is 0 Å². The average molecular weight is 331 g/mol. The van der Waals surface area contributed by atoms with Crippen molar-refractivity contribution in [1.29, 1.82) is 0 Å². The first-order valence-electron chi connectivity index (χ1n) is 5.26. The Morgan fingerprint density at radius 3 is 2.55 bits per heavy atom. The number of ether oxygens (including phenoxy) is 1. The fourth-order valence-electron chi connectivity index (χ4n) is 1.31. The van der Waals surface area contributed by atoms with Crippen molar-refractivity contribution in [3.05, 3.63) is 24.3 Å². The second-order valence-electron chi connectivity index (χ2n) is 3.49. The van der Waals surface area contributed by atoms with Gasteiger partial charge in [-0.3, -0.25) is 4.79 Å². The van der Waals surface area contributed by atoms with Gasteiger partial charge in [-0.1, -0.05) is 12.1 Å². The van der Waals surface area contributed by atoms with E-state index in [1.54, 1.807) is 0 Å². The Labute approximate surface area is 124 Å². The normalized spacial score (nSPS) is 12.4. The molecule has 4 nitrogen and oxygen atoms in total. The van der Waals surface area contributed by atoms with Gasteiger partial charge in [-0.05, 0) is 23.9 Å². The number of carbonyl (C=O) groups is 1. The van der Waals surface area contributed by atoms with Crippen LogP contribution in [0.25, 0.3) is 0 Å². The molecule has 0 radical (unpaired) electrons. The predicted molar refractivity (Wildman–Crippen MR) is 74.1 cm³/mol. The van der Waals surface area contributed by atoms with Crippen molar-refractivity contribution < 1.29 is 22.7 Å². The second-order valence-corrected chi connectivity index (χ2v) is 4.60. The molecule has 0 spiro atoms. The monoisotopic (exact) mass is 330 g/mol. The lowest BCUT2D eigenvalue weighted by Gasteiger charge is -2.15. The maximum atomic E-state index is 12.4. The number of rotatable bonds is 5. The molecule has 9 heteroatoms. The van der Waals surface area contributed by atoms with Crippen LogP contribution in [0, 0.1) is 0 Å². The third-order valence-corrected chi connectivity index (χ3v) is 2.97. The Kier molecular flexibility index (Phi) is 7.95. The third kappa shape index (κ3) is 6.00. The van der Waals surface area contributed by atoms with E-state index in [9.17, 15) is 18.0 Å². The number of thioether (sulfide) groups is 1. The highest BCUT2D eigenvalue weighted by molar-refractivity contribution is 8.00. The molecule has 0 aliphatic rings. The standard InChI is InChI=1S/C11H13F3N2O2S.ClH/c1-18-8(6-15)10(17)16-7-4-2-3-5-9(7)19-11(12,13)14;/h2-5,8H,6,15H2,1H3,(H,16,17);1H. The highest BCUT2D eigenvalue weighted by Gasteiger charge is 2.30. The fraction of sp³-hybridized carbons (Fsp3) is 0.364. The lowest BCUT2D eigenvalue weighted by Crippen LogP contribution is -2.36. The lowest BCUT2D eigenvalue weighted by atomic mass is 10.3. The van der Waals surface area contributed by atoms with Crippen molar-refractivity contribution >= 4 is 35.8 Å². The summed E-state index contributed by atoms with van der Waals surface area (Å²) in [6, 6.07) is 5.65. The molecule has 0 aliphatic carbocycles. The predicted octanol–water partition coefficient (Wildman–Crippen LogP) is 2.63. The van der Waals surface area contributed by atoms with Crippen LogP contribution in [0.4, 0.5) is 18.9 Å². The summed E-state index contributed by atoms with van der Waals surface area (Å²) in [4.78, 5) is 11.6. The van der Waals surface area contributed by atoms with Crippen LogP contribution in [0.15, 0.2) is 29.2 Å². The quantitative estimate of drug-likeness (QED) is 0.815. The van der Waals surface area contributed by atoms with Gasteiger partial charge in [-0.2, -0.15) is 13.2 Å². The number of carbonyl (C=O) groups excluding carboxylic acids is 1. The maximum Gasteiger partial charge on any atom is 0.446 e. The molecule has 1 aromatic rings. The molecular weight excluding hydrogens is 317 g/mol. The molecule has 3 N–H and O–H groups in total. The summed E-state index contributed by atoms with van der Waals surface area (Å²) < 4.78 is 41.9. The molecule has 0 fully saturated rings. The van der Waals surface area contributed by atoms with E-state index in [2.05, 4.69) is 5.32 Å². The van der Waals surface area contributed by atoms with Crippen molar-refractivity contribution in [1.82, 2.24) is 0 Å². The molecule has 1 atom stereocenters. The molecule has 20 heavy (non-hydrogen) atoms. The summed E-state index contributed by atoms with van der Waals surface area (Å²) >= 11 is -0.291. The highest BCUT2D eigenvalue weighted by Crippen LogP contribution is 2.40. The van der Waals surface area contributed by atoms with Crippen LogP contribution < -0.4 is 11.1 Å². The second kappa shape index (κ2) is 8.35. The first-order valence-corrected chi connectivity index (χ1v) is 6.07. The Balaban J connectivity index is 0.00000361. The molecule has 1 aromatic carbocycles. The number of nitrogens with one attached hydrogen (secondary N) is 1. The van der Waals surface area contributed by atoms with Crippen molar-refractivity contribution in [3.63, 3.8) is 0 Å². The summed E-state index contributed by atoms with van der Waals surface area (Å²) in [5.74, 6) is -0.583. The molecule has 0 heterocycles. The molecular formula is C11H14ClF3N2O2S. The van der Waals surface area contributed by atoms with Crippen LogP contribution in [0.2, 0.25) is 0 Å². The molecule has 1 unspecified atom stereocenters. The summed E-state index contributed by atoms with van der Waals surface area (Å²) in [6.45, 7) is -0.0586. The summed E-state index contributed by atoms with van der Waals surface area (Å²) in [6.07, 6.45) is -0.899. The molecule has 114 valence electrons. The van der Waals surface area contributed by atoms with E-state index in [0.717, 1.165) is 0 Å². The van der Waals surface area contributed by atoms with Gasteiger partial charge >= 0.3 is 5.51 Å². The Morgan fingerprint density at radius 1 is 1.45 bits per heavy atom. The van der Waals surface area contributed by atoms with Gasteiger partial charge in [0.1, 0.15) is 6.10 Å². The summed E-state index contributed by atoms with van der Waals surface area (Å²) in [7, 11) is 1.30. The molecule has 0 saturated heterocycles. The van der Waals surface area contributed by atoms with Crippen LogP contribution in [0.5, 0.6) is 0 Å². The first-order chi connectivity index (χ1) is 8.87. The fourth-order valence-corrected chi connectivity index (χ4v) is 1.93. The number of hydrogen-bond acceptors (Lipinski definition) is 4. The maximum absolute atomic E-state index is 12.4. The van der Waals surface area contributed by atoms with Crippen LogP contribution in [-0.2, 0) is 9.53 Å². The minimum atomic E-state index is -4.42. The topological polar surface area (TPSA) is 64.3 Å². The van der Waals surface area contributed by atoms with E-state index in [1.165, 1.54) is 31.4 Å². The zero-order valence-corrected chi connectivity index (χ0v) is 12.1. The number of alkyl halides is 3. The van der Waals surface area contributed by atoms with Gasteiger partial charge in [0, 0.05) is 18.6 Å². The number of hydrogen-bond donors (Lipinski definition) is 2. The Bertz CT molecular complexity index is 442. The van der Waals surface area contributed by atoms with Crippen molar-refractivity contribution in [2.45, 2.75) is 16.5 Å². The van der Waals surface area contributed by atoms with E-state index in [4.69, 9.17) is 10.5 Å². The SMILES string of the molecule is COC(CN)C(=O)Nc1ccccc1SC(F)(F)F.Cl. The summed E-state index contributed by atoms with van der Waals surface area (Å²) in [5.41, 5.74) is 0.960. The van der Waals surface area contributed by atoms with E-state index >= 15 is 0 Å². The van der Waals surface area contributed by atoms with Gasteiger partial charge < -0.3 is 15.8 Å². The lowest BCUT2D eigenvalue weighted by molar-refractivity contribution is -0.125. The molecule has 0 aliphatic heterocycles. The number of halogens is 4. The summed E-state index contributed by atoms with van der Waals surface area (Å²) in [5, 5.41) is 2.37. The minimum absolute atomic E-state index is 0. The highest BCUT2D eigenvalue weighted by atomic mass is 35.5. The Hall–Kier alpha value is -0.960. The number of amides is 1. The molecule has 1 amide bonds. The smallest absolute Gasteiger partial charge is 0.370 e. The molecule has 0 aromatic heterocycles. The van der Waals surface area contributed by atoms with Crippen molar-refractivity contribution in [2.75, 3.05) is 19.0 Å². The van der Waals surface area contributed by atoms with Gasteiger partial charge in [0.15, 0.2) is 0 Å². The van der Waals surface area contributed by atoms with Gasteiger partial charge in [-0.15, -0.1) is 12.4 Å². The average Bonchev–Trinajstić information content (AvgIpc) is 2.31. The zero-order valence-electron chi connectivity index (χ0n) is 10.4. The van der Waals surface area contributed by atoms with E-state index in [-0.39, 0.29) is 41.3 Å². The zero-order chi connectivity index (χ0) is 14.5. The van der Waals surface area contributed by atoms with Crippen molar-refractivity contribution in [3.8, 4) is 0 Å². The molecule has 0 bridgehead atoms. The molecule has 0 saturated carbocycles. The molecule has 1 rings (SSSR count). The van der Waals surface area contributed by atoms with E-state index < -0.39 is 17.5 Å². The minimum Gasteiger partial charge on any atom is -0.370 e. The van der Waals surface area contributed by atoms with E-state index in [1.807, 2.05) is 0 Å². The van der Waals surface area contributed by atoms with E-state index in [0.29, 0.717) is 0 Å². The van der Waals surface area contributed by atoms with Crippen LogP contribution in [-0.4, -0.2) is 31.2 Å². The Morgan fingerprint density at radius 2 is 2.05 bits per heavy atom. The number of nitrogens with two attached hydrogens (primary N) is 1. The largest absolute Gasteiger partial charge is 0.446 e. The van der Waals surface area contributed by atoms with Crippen molar-refractivity contribution in [2.24, 2.45) is 5.73 Å². The van der Waals surface area contributed by atoms with Gasteiger partial charge in [0.2, 0.25) is 0 Å².